The highest BCUT2D eigenvalue weighted by molar-refractivity contribution is 7.71. The van der Waals surface area contributed by atoms with Crippen molar-refractivity contribution in [3.63, 3.8) is 0 Å². The van der Waals surface area contributed by atoms with E-state index in [0.717, 1.165) is 5.56 Å². The smallest absolute Gasteiger partial charge is 0.216 e. The minimum absolute atomic E-state index is 0.391. The Hall–Kier alpha value is -1.86. The summed E-state index contributed by atoms with van der Waals surface area (Å²) in [6, 6.07) is 3.62. The molecule has 1 aromatic heterocycles. The van der Waals surface area contributed by atoms with Gasteiger partial charge in [0.25, 0.3) is 0 Å². The van der Waals surface area contributed by atoms with E-state index in [9.17, 15) is 0 Å². The quantitative estimate of drug-likeness (QED) is 0.587. The van der Waals surface area contributed by atoms with Gasteiger partial charge in [-0.05, 0) is 49.7 Å². The van der Waals surface area contributed by atoms with Crippen LogP contribution in [0.2, 0.25) is 5.02 Å². The Morgan fingerprint density at radius 2 is 2.17 bits per heavy atom. The Kier molecular flexibility index (Phi) is 6.39. The Labute approximate surface area is 151 Å². The van der Waals surface area contributed by atoms with Crippen LogP contribution in [0.1, 0.15) is 32.2 Å². The third-order valence-corrected chi connectivity index (χ3v) is 3.57. The molecule has 0 aliphatic rings. The SMILES string of the molecule is CCOc1cc(/C=N\n2c(C)n[nH]c2=S)cc(Cl)c1OCC(C)C. The molecule has 0 unspecified atom stereocenters. The molecule has 2 aromatic rings. The van der Waals surface area contributed by atoms with E-state index < -0.39 is 0 Å². The van der Waals surface area contributed by atoms with Crippen LogP contribution >= 0.6 is 23.8 Å². The van der Waals surface area contributed by atoms with Gasteiger partial charge in [0.15, 0.2) is 11.5 Å². The highest BCUT2D eigenvalue weighted by atomic mass is 35.5. The lowest BCUT2D eigenvalue weighted by molar-refractivity contribution is 0.248. The van der Waals surface area contributed by atoms with Gasteiger partial charge in [0, 0.05) is 0 Å². The zero-order valence-electron chi connectivity index (χ0n) is 14.2. The first-order chi connectivity index (χ1) is 11.4. The van der Waals surface area contributed by atoms with E-state index in [1.54, 1.807) is 12.3 Å². The van der Waals surface area contributed by atoms with Crippen molar-refractivity contribution in [1.29, 1.82) is 0 Å². The number of aromatic amines is 1. The van der Waals surface area contributed by atoms with Crippen LogP contribution < -0.4 is 9.47 Å². The molecule has 1 aromatic carbocycles. The van der Waals surface area contributed by atoms with Gasteiger partial charge < -0.3 is 9.47 Å². The van der Waals surface area contributed by atoms with Crippen LogP contribution in [0.3, 0.4) is 0 Å². The maximum Gasteiger partial charge on any atom is 0.216 e. The summed E-state index contributed by atoms with van der Waals surface area (Å²) in [5, 5.41) is 11.5. The average Bonchev–Trinajstić information content (AvgIpc) is 2.83. The van der Waals surface area contributed by atoms with Crippen LogP contribution in [-0.2, 0) is 0 Å². The third kappa shape index (κ3) is 4.58. The van der Waals surface area contributed by atoms with Crippen LogP contribution in [0.5, 0.6) is 11.5 Å². The van der Waals surface area contributed by atoms with Crippen molar-refractivity contribution in [3.05, 3.63) is 33.3 Å². The summed E-state index contributed by atoms with van der Waals surface area (Å²) >= 11 is 11.5. The molecule has 0 amide bonds. The second-order valence-electron chi connectivity index (χ2n) is 5.60. The van der Waals surface area contributed by atoms with Crippen molar-refractivity contribution in [1.82, 2.24) is 14.9 Å². The van der Waals surface area contributed by atoms with Gasteiger partial charge in [-0.2, -0.15) is 14.9 Å². The highest BCUT2D eigenvalue weighted by Crippen LogP contribution is 2.36. The summed E-state index contributed by atoms with van der Waals surface area (Å²) in [7, 11) is 0. The fraction of sp³-hybridized carbons (Fsp3) is 0.438. The lowest BCUT2D eigenvalue weighted by Gasteiger charge is -2.15. The lowest BCUT2D eigenvalue weighted by Crippen LogP contribution is -2.07. The molecule has 130 valence electrons. The highest BCUT2D eigenvalue weighted by Gasteiger charge is 2.13. The van der Waals surface area contributed by atoms with Crippen molar-refractivity contribution in [3.8, 4) is 11.5 Å². The summed E-state index contributed by atoms with van der Waals surface area (Å²) in [6.07, 6.45) is 1.65. The van der Waals surface area contributed by atoms with Gasteiger partial charge >= 0.3 is 0 Å². The largest absolute Gasteiger partial charge is 0.490 e. The maximum atomic E-state index is 6.36. The van der Waals surface area contributed by atoms with Crippen LogP contribution in [-0.4, -0.2) is 34.3 Å². The minimum atomic E-state index is 0.391. The summed E-state index contributed by atoms with van der Waals surface area (Å²) < 4.78 is 13.4. The molecule has 0 radical (unpaired) electrons. The van der Waals surface area contributed by atoms with Crippen molar-refractivity contribution < 1.29 is 9.47 Å². The molecular formula is C16H21ClN4O2S. The predicted octanol–water partition coefficient (Wildman–Crippen LogP) is 4.22. The monoisotopic (exact) mass is 368 g/mol. The fourth-order valence-electron chi connectivity index (χ4n) is 1.95. The number of nitrogens with zero attached hydrogens (tertiary/aromatic N) is 3. The lowest BCUT2D eigenvalue weighted by atomic mass is 10.2. The van der Waals surface area contributed by atoms with Crippen molar-refractivity contribution >= 4 is 30.0 Å². The summed E-state index contributed by atoms with van der Waals surface area (Å²) in [5.74, 6) is 2.21. The molecule has 8 heteroatoms. The molecule has 1 heterocycles. The van der Waals surface area contributed by atoms with Gasteiger partial charge in [0.2, 0.25) is 4.77 Å². The summed E-state index contributed by atoms with van der Waals surface area (Å²) in [5.41, 5.74) is 0.780. The normalized spacial score (nSPS) is 11.4. The molecule has 6 nitrogen and oxygen atoms in total. The molecule has 1 N–H and O–H groups in total. The van der Waals surface area contributed by atoms with Crippen LogP contribution in [0.15, 0.2) is 17.2 Å². The molecule has 0 aliphatic heterocycles. The van der Waals surface area contributed by atoms with E-state index in [-0.39, 0.29) is 0 Å². The second kappa shape index (κ2) is 8.30. The standard InChI is InChI=1S/C16H21ClN4O2S/c1-5-22-14-7-12(6-13(17)15(14)23-9-10(2)3)8-18-21-11(4)19-20-16(21)24/h6-8,10H,5,9H2,1-4H3,(H,20,24)/b18-8-. The van der Waals surface area contributed by atoms with E-state index in [0.29, 0.717) is 46.2 Å². The molecule has 0 fully saturated rings. The van der Waals surface area contributed by atoms with E-state index in [2.05, 4.69) is 29.1 Å². The number of benzene rings is 1. The maximum absolute atomic E-state index is 6.36. The fourth-order valence-corrected chi connectivity index (χ4v) is 2.44. The number of nitrogens with one attached hydrogen (secondary N) is 1. The molecule has 0 saturated carbocycles. The molecule has 24 heavy (non-hydrogen) atoms. The molecule has 2 rings (SSSR count). The molecule has 0 spiro atoms. The average molecular weight is 369 g/mol. The number of aryl methyl sites for hydroxylation is 1. The van der Waals surface area contributed by atoms with Gasteiger partial charge in [-0.3, -0.25) is 5.10 Å². The van der Waals surface area contributed by atoms with Gasteiger partial charge in [0.1, 0.15) is 5.82 Å². The Bertz CT molecular complexity index is 783. The summed E-state index contributed by atoms with van der Waals surface area (Å²) in [4.78, 5) is 0. The molecule has 0 saturated heterocycles. The number of ether oxygens (including phenoxy) is 2. The van der Waals surface area contributed by atoms with Crippen LogP contribution in [0.4, 0.5) is 0 Å². The van der Waals surface area contributed by atoms with E-state index in [4.69, 9.17) is 33.3 Å². The number of rotatable bonds is 7. The van der Waals surface area contributed by atoms with Crippen molar-refractivity contribution in [2.24, 2.45) is 11.0 Å². The first kappa shape index (κ1) is 18.5. The van der Waals surface area contributed by atoms with Gasteiger partial charge in [-0.1, -0.05) is 25.4 Å². The zero-order valence-corrected chi connectivity index (χ0v) is 15.7. The Morgan fingerprint density at radius 3 is 2.75 bits per heavy atom. The Balaban J connectivity index is 2.33. The zero-order chi connectivity index (χ0) is 17.7. The van der Waals surface area contributed by atoms with Gasteiger partial charge in [-0.25, -0.2) is 0 Å². The Morgan fingerprint density at radius 1 is 1.42 bits per heavy atom. The number of halogens is 1. The molecule has 0 aliphatic carbocycles. The third-order valence-electron chi connectivity index (χ3n) is 3.03. The minimum Gasteiger partial charge on any atom is -0.490 e. The topological polar surface area (TPSA) is 64.4 Å². The first-order valence-electron chi connectivity index (χ1n) is 7.69. The number of hydrogen-bond donors (Lipinski definition) is 1. The predicted molar refractivity (Wildman–Crippen MR) is 98.1 cm³/mol. The second-order valence-corrected chi connectivity index (χ2v) is 6.39. The van der Waals surface area contributed by atoms with E-state index in [1.807, 2.05) is 19.9 Å². The van der Waals surface area contributed by atoms with Crippen molar-refractivity contribution in [2.45, 2.75) is 27.7 Å². The number of hydrogen-bond acceptors (Lipinski definition) is 5. The van der Waals surface area contributed by atoms with Crippen molar-refractivity contribution in [2.75, 3.05) is 13.2 Å². The van der Waals surface area contributed by atoms with Gasteiger partial charge in [-0.15, -0.1) is 0 Å². The van der Waals surface area contributed by atoms with Crippen LogP contribution in [0, 0.1) is 17.6 Å². The molecule has 0 bridgehead atoms. The molecule has 0 atom stereocenters. The van der Waals surface area contributed by atoms with Crippen LogP contribution in [0.25, 0.3) is 0 Å². The molecular weight excluding hydrogens is 348 g/mol. The first-order valence-corrected chi connectivity index (χ1v) is 8.48. The van der Waals surface area contributed by atoms with Gasteiger partial charge in [0.05, 0.1) is 24.5 Å². The number of aromatic nitrogens is 3. The van der Waals surface area contributed by atoms with E-state index in [1.165, 1.54) is 4.68 Å². The number of H-pyrrole nitrogens is 1. The van der Waals surface area contributed by atoms with E-state index >= 15 is 0 Å². The summed E-state index contributed by atoms with van der Waals surface area (Å²) in [6.45, 7) is 8.95.